The average molecular weight is 693 g/mol. The molecule has 3 aromatic carbocycles. The van der Waals surface area contributed by atoms with Crippen molar-refractivity contribution in [2.24, 2.45) is 0 Å². The van der Waals surface area contributed by atoms with E-state index in [-0.39, 0.29) is 24.3 Å². The number of hydrogen-bond donors (Lipinski definition) is 1. The summed E-state index contributed by atoms with van der Waals surface area (Å²) in [6.45, 7) is 4.04. The summed E-state index contributed by atoms with van der Waals surface area (Å²) in [6, 6.07) is 21.4. The molecule has 0 bridgehead atoms. The molecule has 49 heavy (non-hydrogen) atoms. The lowest BCUT2D eigenvalue weighted by Gasteiger charge is -2.32. The van der Waals surface area contributed by atoms with Gasteiger partial charge in [0.05, 0.1) is 25.2 Å². The molecule has 1 aliphatic rings. The molecule has 0 aliphatic carbocycles. The smallest absolute Gasteiger partial charge is 0.264 e. The number of nitrogens with zero attached hydrogens (tertiary/aromatic N) is 3. The van der Waals surface area contributed by atoms with Crippen molar-refractivity contribution in [1.82, 2.24) is 9.80 Å². The summed E-state index contributed by atoms with van der Waals surface area (Å²) in [4.78, 5) is 44.8. The van der Waals surface area contributed by atoms with Gasteiger partial charge in [-0.25, -0.2) is 0 Å². The highest BCUT2D eigenvalue weighted by Gasteiger charge is 2.20. The SMILES string of the molecule is CN1CCN(C(=O)CCCCCOc2ccccc2N(C)C(=O)c2ccc(NC(=O)c3ccccc3CCCCOS(C)(=O)=O)cc2)CC1. The Kier molecular flexibility index (Phi) is 14.2. The summed E-state index contributed by atoms with van der Waals surface area (Å²) < 4.78 is 33.2. The molecule has 1 N–H and O–H groups in total. The van der Waals surface area contributed by atoms with Crippen molar-refractivity contribution in [2.45, 2.75) is 44.9 Å². The maximum absolute atomic E-state index is 13.4. The van der Waals surface area contributed by atoms with Crippen LogP contribution >= 0.6 is 0 Å². The molecule has 11 nitrogen and oxygen atoms in total. The first-order valence-corrected chi connectivity index (χ1v) is 18.6. The standard InChI is InChI=1S/C37H48N4O7S/c1-39-23-25-41(26-24-39)35(42)18-5-4-11-27-47-34-17-9-8-16-33(34)40(2)37(44)30-19-21-31(22-20-30)38-36(43)32-15-7-6-13-29(32)14-10-12-28-48-49(3,45)46/h6-9,13,15-17,19-22H,4-5,10-12,14,18,23-28H2,1-3H3,(H,38,43). The number of rotatable bonds is 17. The molecule has 3 amide bonds. The van der Waals surface area contributed by atoms with Crippen LogP contribution in [0.25, 0.3) is 0 Å². The van der Waals surface area contributed by atoms with Crippen LogP contribution in [0.15, 0.2) is 72.8 Å². The number of ether oxygens (including phenoxy) is 1. The lowest BCUT2D eigenvalue weighted by Crippen LogP contribution is -2.47. The van der Waals surface area contributed by atoms with Gasteiger partial charge in [-0.3, -0.25) is 18.6 Å². The number of aryl methyl sites for hydroxylation is 1. The lowest BCUT2D eigenvalue weighted by molar-refractivity contribution is -0.132. The largest absolute Gasteiger partial charge is 0.491 e. The van der Waals surface area contributed by atoms with Crippen LogP contribution in [-0.4, -0.2) is 95.7 Å². The van der Waals surface area contributed by atoms with Crippen LogP contribution in [-0.2, 0) is 25.5 Å². The fourth-order valence-corrected chi connectivity index (χ4v) is 6.01. The second kappa shape index (κ2) is 18.5. The molecule has 264 valence electrons. The number of carbonyl (C=O) groups is 3. The number of carbonyl (C=O) groups excluding carboxylic acids is 3. The van der Waals surface area contributed by atoms with Gasteiger partial charge in [0.2, 0.25) is 5.91 Å². The van der Waals surface area contributed by atoms with Crippen molar-refractivity contribution in [2.75, 3.05) is 70.0 Å². The number of piperazine rings is 1. The van der Waals surface area contributed by atoms with E-state index in [1.807, 2.05) is 41.3 Å². The van der Waals surface area contributed by atoms with Crippen LogP contribution in [0, 0.1) is 0 Å². The predicted molar refractivity (Wildman–Crippen MR) is 192 cm³/mol. The number of anilines is 2. The van der Waals surface area contributed by atoms with Crippen LogP contribution in [0.5, 0.6) is 5.75 Å². The summed E-state index contributed by atoms with van der Waals surface area (Å²) in [5.41, 5.74) is 3.04. The first-order valence-electron chi connectivity index (χ1n) is 16.8. The van der Waals surface area contributed by atoms with Gasteiger partial charge < -0.3 is 24.8 Å². The molecule has 1 aliphatic heterocycles. The zero-order valence-corrected chi connectivity index (χ0v) is 29.5. The molecule has 12 heteroatoms. The molecule has 1 saturated heterocycles. The summed E-state index contributed by atoms with van der Waals surface area (Å²) in [5, 5.41) is 2.91. The fourth-order valence-electron chi connectivity index (χ4n) is 5.59. The predicted octanol–water partition coefficient (Wildman–Crippen LogP) is 5.23. The Hall–Kier alpha value is -4.26. The van der Waals surface area contributed by atoms with Crippen LogP contribution in [0.1, 0.15) is 64.8 Å². The van der Waals surface area contributed by atoms with Gasteiger partial charge in [-0.1, -0.05) is 30.3 Å². The van der Waals surface area contributed by atoms with E-state index >= 15 is 0 Å². The minimum atomic E-state index is -3.47. The monoisotopic (exact) mass is 692 g/mol. The summed E-state index contributed by atoms with van der Waals surface area (Å²) >= 11 is 0. The first-order chi connectivity index (χ1) is 23.5. The van der Waals surface area contributed by atoms with Crippen molar-refractivity contribution < 1.29 is 31.7 Å². The van der Waals surface area contributed by atoms with E-state index in [2.05, 4.69) is 17.3 Å². The maximum atomic E-state index is 13.4. The Morgan fingerprint density at radius 2 is 1.49 bits per heavy atom. The normalized spacial score (nSPS) is 13.6. The zero-order chi connectivity index (χ0) is 35.2. The molecule has 0 saturated carbocycles. The van der Waals surface area contributed by atoms with Gasteiger partial charge in [0.15, 0.2) is 0 Å². The van der Waals surface area contributed by atoms with Gasteiger partial charge >= 0.3 is 0 Å². The van der Waals surface area contributed by atoms with E-state index in [1.54, 1.807) is 48.3 Å². The first kappa shape index (κ1) is 37.6. The Bertz CT molecular complexity index is 1660. The van der Waals surface area contributed by atoms with Gasteiger partial charge in [-0.15, -0.1) is 0 Å². The number of likely N-dealkylation sites (N-methyl/N-ethyl adjacent to an activating group) is 1. The Morgan fingerprint density at radius 3 is 2.22 bits per heavy atom. The van der Waals surface area contributed by atoms with Crippen molar-refractivity contribution in [1.29, 1.82) is 0 Å². The second-order valence-corrected chi connectivity index (χ2v) is 14.0. The fraction of sp³-hybridized carbons (Fsp3) is 0.432. The molecule has 3 aromatic rings. The number of nitrogens with one attached hydrogen (secondary N) is 1. The average Bonchev–Trinajstić information content (AvgIpc) is 3.09. The van der Waals surface area contributed by atoms with Crippen molar-refractivity contribution in [3.63, 3.8) is 0 Å². The summed E-state index contributed by atoms with van der Waals surface area (Å²) in [7, 11) is 0.309. The topological polar surface area (TPSA) is 126 Å². The highest BCUT2D eigenvalue weighted by atomic mass is 32.2. The number of unbranched alkanes of at least 4 members (excludes halogenated alkanes) is 3. The minimum Gasteiger partial charge on any atom is -0.491 e. The molecular formula is C37H48N4O7S. The molecule has 4 rings (SSSR count). The van der Waals surface area contributed by atoms with Crippen LogP contribution < -0.4 is 15.0 Å². The molecule has 0 spiro atoms. The van der Waals surface area contributed by atoms with E-state index in [0.29, 0.717) is 60.5 Å². The van der Waals surface area contributed by atoms with E-state index in [0.717, 1.165) is 57.3 Å². The van der Waals surface area contributed by atoms with E-state index in [1.165, 1.54) is 0 Å². The van der Waals surface area contributed by atoms with Crippen LogP contribution in [0.4, 0.5) is 11.4 Å². The van der Waals surface area contributed by atoms with Crippen molar-refractivity contribution in [3.8, 4) is 5.75 Å². The second-order valence-electron chi connectivity index (χ2n) is 12.3. The highest BCUT2D eigenvalue weighted by molar-refractivity contribution is 7.85. The van der Waals surface area contributed by atoms with Gasteiger partial charge in [-0.05, 0) is 93.6 Å². The number of benzene rings is 3. The van der Waals surface area contributed by atoms with Crippen LogP contribution in [0.3, 0.4) is 0 Å². The third-order valence-corrected chi connectivity index (χ3v) is 9.06. The molecule has 1 fully saturated rings. The molecule has 0 unspecified atom stereocenters. The Morgan fingerprint density at radius 1 is 0.816 bits per heavy atom. The van der Waals surface area contributed by atoms with Gasteiger partial charge in [0, 0.05) is 56.5 Å². The summed E-state index contributed by atoms with van der Waals surface area (Å²) in [6.07, 6.45) is 5.90. The lowest BCUT2D eigenvalue weighted by atomic mass is 10.0. The number of hydrogen-bond acceptors (Lipinski definition) is 8. The zero-order valence-electron chi connectivity index (χ0n) is 28.7. The molecule has 0 aromatic heterocycles. The quantitative estimate of drug-likeness (QED) is 0.151. The minimum absolute atomic E-state index is 0.105. The maximum Gasteiger partial charge on any atom is 0.264 e. The molecule has 0 radical (unpaired) electrons. The molecule has 1 heterocycles. The Labute approximate surface area is 290 Å². The van der Waals surface area contributed by atoms with Crippen molar-refractivity contribution in [3.05, 3.63) is 89.5 Å². The van der Waals surface area contributed by atoms with Crippen LogP contribution in [0.2, 0.25) is 0 Å². The molecule has 0 atom stereocenters. The Balaban J connectivity index is 1.25. The van der Waals surface area contributed by atoms with Gasteiger partial charge in [0.25, 0.3) is 21.9 Å². The van der Waals surface area contributed by atoms with E-state index in [4.69, 9.17) is 8.92 Å². The van der Waals surface area contributed by atoms with E-state index in [9.17, 15) is 22.8 Å². The summed E-state index contributed by atoms with van der Waals surface area (Å²) in [5.74, 6) is 0.342. The number of amides is 3. The third kappa shape index (κ3) is 12.0. The third-order valence-electron chi connectivity index (χ3n) is 8.47. The van der Waals surface area contributed by atoms with Gasteiger partial charge in [0.1, 0.15) is 5.75 Å². The number of para-hydroxylation sites is 2. The highest BCUT2D eigenvalue weighted by Crippen LogP contribution is 2.29. The van der Waals surface area contributed by atoms with Gasteiger partial charge in [-0.2, -0.15) is 8.42 Å². The van der Waals surface area contributed by atoms with E-state index < -0.39 is 10.1 Å². The molecular weight excluding hydrogens is 644 g/mol. The van der Waals surface area contributed by atoms with Crippen molar-refractivity contribution >= 4 is 39.2 Å².